The molecule has 0 amide bonds. The van der Waals surface area contributed by atoms with E-state index >= 15 is 0 Å². The Balaban J connectivity index is 3.14. The van der Waals surface area contributed by atoms with Crippen LogP contribution in [0.15, 0.2) is 12.1 Å². The molecule has 0 aliphatic carbocycles. The highest BCUT2D eigenvalue weighted by molar-refractivity contribution is 5.70. The lowest BCUT2D eigenvalue weighted by atomic mass is 10.2. The van der Waals surface area contributed by atoms with E-state index in [4.69, 9.17) is 15.6 Å². The maximum absolute atomic E-state index is 13.3. The number of aliphatic hydroxyl groups is 1. The van der Waals surface area contributed by atoms with Gasteiger partial charge in [-0.05, 0) is 0 Å². The highest BCUT2D eigenvalue weighted by atomic mass is 19.4. The lowest BCUT2D eigenvalue weighted by Gasteiger charge is -2.26. The lowest BCUT2D eigenvalue weighted by Crippen LogP contribution is -2.36. The average Bonchev–Trinajstić information content (AvgIpc) is 2.27. The second kappa shape index (κ2) is 5.96. The third-order valence-electron chi connectivity index (χ3n) is 2.38. The number of alkyl halides is 3. The van der Waals surface area contributed by atoms with Gasteiger partial charge in [0.15, 0.2) is 11.6 Å². The molecule has 19 heavy (non-hydrogen) atoms. The summed E-state index contributed by atoms with van der Waals surface area (Å²) >= 11 is 0. The minimum absolute atomic E-state index is 0.0374. The van der Waals surface area contributed by atoms with Gasteiger partial charge in [-0.2, -0.15) is 13.2 Å². The smallest absolute Gasteiger partial charge is 0.405 e. The van der Waals surface area contributed by atoms with Gasteiger partial charge >= 0.3 is 6.18 Å². The first-order valence-corrected chi connectivity index (χ1v) is 5.34. The van der Waals surface area contributed by atoms with Crippen molar-refractivity contribution in [3.63, 3.8) is 0 Å². The van der Waals surface area contributed by atoms with Gasteiger partial charge in [-0.3, -0.25) is 0 Å². The van der Waals surface area contributed by atoms with Crippen molar-refractivity contribution in [2.75, 3.05) is 37.4 Å². The molecule has 1 rings (SSSR count). The summed E-state index contributed by atoms with van der Waals surface area (Å²) in [6.07, 6.45) is -4.47. The van der Waals surface area contributed by atoms with Gasteiger partial charge in [-0.15, -0.1) is 0 Å². The molecular formula is C11H14F4N2O2. The van der Waals surface area contributed by atoms with Gasteiger partial charge in [0.1, 0.15) is 6.54 Å². The number of rotatable bonds is 5. The fraction of sp³-hybridized carbons (Fsp3) is 0.455. The minimum atomic E-state index is -4.47. The SMILES string of the molecule is COc1cc(N(CCO)CC(F)(F)F)c(N)cc1F. The number of nitrogens with two attached hydrogens (primary N) is 1. The molecule has 1 aromatic carbocycles. The van der Waals surface area contributed by atoms with Crippen molar-refractivity contribution in [1.82, 2.24) is 0 Å². The van der Waals surface area contributed by atoms with Crippen LogP contribution in [0.4, 0.5) is 28.9 Å². The van der Waals surface area contributed by atoms with E-state index in [2.05, 4.69) is 0 Å². The van der Waals surface area contributed by atoms with Crippen LogP contribution in [0.5, 0.6) is 5.75 Å². The zero-order valence-electron chi connectivity index (χ0n) is 10.2. The van der Waals surface area contributed by atoms with Gasteiger partial charge in [0.25, 0.3) is 0 Å². The summed E-state index contributed by atoms with van der Waals surface area (Å²) in [5.74, 6) is -0.978. The molecule has 3 N–H and O–H groups in total. The summed E-state index contributed by atoms with van der Waals surface area (Å²) in [7, 11) is 1.19. The van der Waals surface area contributed by atoms with Crippen LogP contribution in [0, 0.1) is 5.82 Å². The van der Waals surface area contributed by atoms with Crippen molar-refractivity contribution in [3.05, 3.63) is 17.9 Å². The Morgan fingerprint density at radius 3 is 2.47 bits per heavy atom. The van der Waals surface area contributed by atoms with Crippen LogP contribution in [-0.4, -0.2) is 38.1 Å². The number of anilines is 2. The van der Waals surface area contributed by atoms with Crippen LogP contribution >= 0.6 is 0 Å². The van der Waals surface area contributed by atoms with E-state index in [1.807, 2.05) is 0 Å². The number of benzene rings is 1. The standard InChI is InChI=1S/C11H14F4N2O2/c1-19-10-5-9(8(16)4-7(10)12)17(2-3-18)6-11(13,14)15/h4-5,18H,2-3,6,16H2,1H3. The normalized spacial score (nSPS) is 11.5. The van der Waals surface area contributed by atoms with Crippen LogP contribution < -0.4 is 15.4 Å². The molecule has 0 atom stereocenters. The van der Waals surface area contributed by atoms with Crippen molar-refractivity contribution >= 4 is 11.4 Å². The predicted molar refractivity (Wildman–Crippen MR) is 62.7 cm³/mol. The van der Waals surface area contributed by atoms with E-state index in [0.29, 0.717) is 0 Å². The molecule has 4 nitrogen and oxygen atoms in total. The van der Waals surface area contributed by atoms with Gasteiger partial charge in [0.05, 0.1) is 25.1 Å². The number of hydrogen-bond donors (Lipinski definition) is 2. The summed E-state index contributed by atoms with van der Waals surface area (Å²) in [5, 5.41) is 8.81. The second-order valence-corrected chi connectivity index (χ2v) is 3.81. The molecule has 0 unspecified atom stereocenters. The summed E-state index contributed by atoms with van der Waals surface area (Å²) < 4.78 is 55.3. The molecule has 0 heterocycles. The molecule has 0 aliphatic heterocycles. The topological polar surface area (TPSA) is 58.7 Å². The molecule has 0 saturated carbocycles. The first-order valence-electron chi connectivity index (χ1n) is 5.34. The molecular weight excluding hydrogens is 268 g/mol. The zero-order valence-corrected chi connectivity index (χ0v) is 10.2. The third kappa shape index (κ3) is 4.16. The minimum Gasteiger partial charge on any atom is -0.494 e. The van der Waals surface area contributed by atoms with Gasteiger partial charge in [-0.25, -0.2) is 4.39 Å². The van der Waals surface area contributed by atoms with Gasteiger partial charge in [0.2, 0.25) is 0 Å². The molecule has 0 radical (unpaired) electrons. The Bertz CT molecular complexity index is 437. The molecule has 0 aliphatic rings. The fourth-order valence-electron chi connectivity index (χ4n) is 1.61. The average molecular weight is 282 g/mol. The Hall–Kier alpha value is -1.70. The monoisotopic (exact) mass is 282 g/mol. The van der Waals surface area contributed by atoms with Crippen molar-refractivity contribution < 1.29 is 27.4 Å². The van der Waals surface area contributed by atoms with Crippen LogP contribution in [0.1, 0.15) is 0 Å². The highest BCUT2D eigenvalue weighted by Crippen LogP contribution is 2.32. The fourth-order valence-corrected chi connectivity index (χ4v) is 1.61. The number of aliphatic hydroxyl groups excluding tert-OH is 1. The Morgan fingerprint density at radius 2 is 2.00 bits per heavy atom. The molecule has 0 bridgehead atoms. The molecule has 0 saturated heterocycles. The zero-order chi connectivity index (χ0) is 14.6. The van der Waals surface area contributed by atoms with E-state index in [1.165, 1.54) is 7.11 Å². The van der Waals surface area contributed by atoms with E-state index in [0.717, 1.165) is 17.0 Å². The van der Waals surface area contributed by atoms with E-state index in [-0.39, 0.29) is 23.7 Å². The Morgan fingerprint density at radius 1 is 1.37 bits per heavy atom. The maximum atomic E-state index is 13.3. The Kier molecular flexibility index (Phi) is 4.82. The summed E-state index contributed by atoms with van der Waals surface area (Å²) in [6.45, 7) is -2.07. The number of hydrogen-bond acceptors (Lipinski definition) is 4. The van der Waals surface area contributed by atoms with Crippen molar-refractivity contribution in [1.29, 1.82) is 0 Å². The van der Waals surface area contributed by atoms with Crippen LogP contribution in [0.3, 0.4) is 0 Å². The number of nitrogens with zero attached hydrogens (tertiary/aromatic N) is 1. The summed E-state index contributed by atoms with van der Waals surface area (Å²) in [4.78, 5) is 0.817. The molecule has 8 heteroatoms. The molecule has 0 aromatic heterocycles. The quantitative estimate of drug-likeness (QED) is 0.638. The first-order chi connectivity index (χ1) is 8.78. The molecule has 0 spiro atoms. The third-order valence-corrected chi connectivity index (χ3v) is 2.38. The van der Waals surface area contributed by atoms with E-state index in [1.54, 1.807) is 0 Å². The van der Waals surface area contributed by atoms with Crippen molar-refractivity contribution in [3.8, 4) is 5.75 Å². The van der Waals surface area contributed by atoms with Crippen LogP contribution in [-0.2, 0) is 0 Å². The van der Waals surface area contributed by atoms with E-state index in [9.17, 15) is 17.6 Å². The number of methoxy groups -OCH3 is 1. The lowest BCUT2D eigenvalue weighted by molar-refractivity contribution is -0.119. The highest BCUT2D eigenvalue weighted by Gasteiger charge is 2.31. The van der Waals surface area contributed by atoms with Gasteiger partial charge in [0, 0.05) is 18.7 Å². The second-order valence-electron chi connectivity index (χ2n) is 3.81. The summed E-state index contributed by atoms with van der Waals surface area (Å²) in [5.41, 5.74) is 5.31. The van der Waals surface area contributed by atoms with Crippen LogP contribution in [0.25, 0.3) is 0 Å². The Labute approximate surface area is 107 Å². The van der Waals surface area contributed by atoms with E-state index < -0.39 is 25.1 Å². The number of nitrogen functional groups attached to an aromatic ring is 1. The van der Waals surface area contributed by atoms with Crippen LogP contribution in [0.2, 0.25) is 0 Å². The largest absolute Gasteiger partial charge is 0.494 e. The predicted octanol–water partition coefficient (Wildman–Crippen LogP) is 1.78. The van der Waals surface area contributed by atoms with Gasteiger partial charge in [-0.1, -0.05) is 0 Å². The number of halogens is 4. The summed E-state index contributed by atoms with van der Waals surface area (Å²) in [6, 6.07) is 1.96. The molecule has 1 aromatic rings. The molecule has 108 valence electrons. The first kappa shape index (κ1) is 15.4. The van der Waals surface area contributed by atoms with Gasteiger partial charge < -0.3 is 20.5 Å². The van der Waals surface area contributed by atoms with Crippen molar-refractivity contribution in [2.24, 2.45) is 0 Å². The maximum Gasteiger partial charge on any atom is 0.405 e. The number of ether oxygens (including phenoxy) is 1. The molecule has 0 fully saturated rings. The van der Waals surface area contributed by atoms with Crippen molar-refractivity contribution in [2.45, 2.75) is 6.18 Å².